The Morgan fingerprint density at radius 2 is 1.91 bits per heavy atom. The number of hydrogen-bond donors (Lipinski definition) is 2. The third-order valence-electron chi connectivity index (χ3n) is 8.76. The smallest absolute Gasteiger partial charge is 0.265 e. The van der Waals surface area contributed by atoms with Crippen LogP contribution in [-0.2, 0) is 25.1 Å². The first kappa shape index (κ1) is 25.9. The Morgan fingerprint density at radius 3 is 2.46 bits per heavy atom. The third kappa shape index (κ3) is 4.23. The minimum absolute atomic E-state index is 0.00792. The summed E-state index contributed by atoms with van der Waals surface area (Å²) in [4.78, 5) is 32.8. The highest BCUT2D eigenvalue weighted by molar-refractivity contribution is 9.10. The van der Waals surface area contributed by atoms with Crippen LogP contribution in [0.2, 0.25) is 0 Å². The lowest BCUT2D eigenvalue weighted by Crippen LogP contribution is -2.42. The summed E-state index contributed by atoms with van der Waals surface area (Å²) in [6.07, 6.45) is 5.47. The van der Waals surface area contributed by atoms with Crippen molar-refractivity contribution in [3.05, 3.63) is 52.4 Å². The maximum Gasteiger partial charge on any atom is 0.265 e. The Hall–Kier alpha value is -2.17. The molecule has 2 aliphatic carbocycles. The molecule has 1 aliphatic heterocycles. The van der Waals surface area contributed by atoms with E-state index in [-0.39, 0.29) is 28.9 Å². The molecule has 2 fully saturated rings. The molecule has 0 aromatic carbocycles. The van der Waals surface area contributed by atoms with Gasteiger partial charge in [0, 0.05) is 30.3 Å². The second kappa shape index (κ2) is 8.74. The number of anilines is 1. The zero-order valence-corrected chi connectivity index (χ0v) is 22.6. The van der Waals surface area contributed by atoms with Crippen molar-refractivity contribution < 1.29 is 22.6 Å². The van der Waals surface area contributed by atoms with E-state index in [0.717, 1.165) is 22.2 Å². The molecule has 2 aromatic rings. The largest absolute Gasteiger partial charge is 0.310 e. The summed E-state index contributed by atoms with van der Waals surface area (Å²) in [6, 6.07) is 7.72. The summed E-state index contributed by atoms with van der Waals surface area (Å²) in [7, 11) is -4.08. The number of fused-ring (bicyclic) bond motifs is 3. The summed E-state index contributed by atoms with van der Waals surface area (Å²) in [5.74, 6) is 0.558. The number of carbonyl (C=O) groups is 2. The topological polar surface area (TPSA) is 126 Å². The number of halogens is 1. The van der Waals surface area contributed by atoms with Crippen molar-refractivity contribution >= 4 is 43.6 Å². The van der Waals surface area contributed by atoms with Crippen LogP contribution in [0.3, 0.4) is 0 Å². The standard InChI is InChI=1S/C15H14BrN3O.C10H16O4S/c1-9(10-5-6-12(16)18-8-10)15(2)11-4-3-7-17-13(11)19-14(15)20;1-9(2)7-3-4-10(9,8(11)5-7)6-15(12,13)14/h3-9H,1-2H3,(H,17,19,20);7H,3-6H2,1-2H3,(H,12,13,14)/t9-,15-;/m1./s1. The van der Waals surface area contributed by atoms with E-state index < -0.39 is 26.7 Å². The highest BCUT2D eigenvalue weighted by atomic mass is 79.9. The lowest BCUT2D eigenvalue weighted by atomic mass is 9.70. The van der Waals surface area contributed by atoms with E-state index in [2.05, 4.69) is 31.2 Å². The van der Waals surface area contributed by atoms with Crippen molar-refractivity contribution in [2.45, 2.75) is 58.3 Å². The number of nitrogens with one attached hydrogen (secondary N) is 1. The number of pyridine rings is 2. The van der Waals surface area contributed by atoms with Crippen LogP contribution < -0.4 is 5.32 Å². The molecule has 8 nitrogen and oxygen atoms in total. The minimum Gasteiger partial charge on any atom is -0.310 e. The van der Waals surface area contributed by atoms with Crippen LogP contribution in [0.25, 0.3) is 0 Å². The van der Waals surface area contributed by atoms with Gasteiger partial charge in [-0.15, -0.1) is 0 Å². The molecule has 5 rings (SSSR count). The Balaban J connectivity index is 0.000000172. The van der Waals surface area contributed by atoms with E-state index in [1.165, 1.54) is 0 Å². The molecule has 0 radical (unpaired) electrons. The molecular weight excluding hydrogens is 534 g/mol. The van der Waals surface area contributed by atoms with Crippen molar-refractivity contribution in [1.29, 1.82) is 0 Å². The summed E-state index contributed by atoms with van der Waals surface area (Å²) in [5, 5.41) is 2.87. The summed E-state index contributed by atoms with van der Waals surface area (Å²) >= 11 is 3.33. The summed E-state index contributed by atoms with van der Waals surface area (Å²) in [5.41, 5.74) is 0.229. The molecular formula is C25H30BrN3O5S. The monoisotopic (exact) mass is 563 g/mol. The summed E-state index contributed by atoms with van der Waals surface area (Å²) in [6.45, 7) is 7.90. The fraction of sp³-hybridized carbons (Fsp3) is 0.520. The second-order valence-electron chi connectivity index (χ2n) is 10.6. The molecule has 0 saturated heterocycles. The number of hydrogen-bond acceptors (Lipinski definition) is 6. The average molecular weight is 565 g/mol. The van der Waals surface area contributed by atoms with Crippen molar-refractivity contribution in [3.8, 4) is 0 Å². The third-order valence-corrected chi connectivity index (χ3v) is 10.1. The van der Waals surface area contributed by atoms with Gasteiger partial charge in [0.2, 0.25) is 5.91 Å². The van der Waals surface area contributed by atoms with E-state index in [0.29, 0.717) is 18.7 Å². The Morgan fingerprint density at radius 1 is 1.20 bits per heavy atom. The fourth-order valence-electron chi connectivity index (χ4n) is 6.11. The minimum atomic E-state index is -4.08. The first-order chi connectivity index (χ1) is 16.2. The van der Waals surface area contributed by atoms with E-state index in [1.807, 2.05) is 58.2 Å². The van der Waals surface area contributed by atoms with Gasteiger partial charge in [-0.3, -0.25) is 14.1 Å². The number of amides is 1. The van der Waals surface area contributed by atoms with Gasteiger partial charge in [0.15, 0.2) is 0 Å². The first-order valence-electron chi connectivity index (χ1n) is 11.6. The number of aromatic nitrogens is 2. The van der Waals surface area contributed by atoms with Crippen LogP contribution in [0, 0.1) is 16.7 Å². The zero-order chi connectivity index (χ0) is 25.8. The quantitative estimate of drug-likeness (QED) is 0.413. The van der Waals surface area contributed by atoms with Crippen LogP contribution in [0.5, 0.6) is 0 Å². The fourth-order valence-corrected chi connectivity index (χ4v) is 7.64. The molecule has 0 spiro atoms. The first-order valence-corrected chi connectivity index (χ1v) is 14.0. The predicted octanol–water partition coefficient (Wildman–Crippen LogP) is 4.52. The van der Waals surface area contributed by atoms with E-state index in [1.54, 1.807) is 6.20 Å². The Labute approximate surface area is 214 Å². The van der Waals surface area contributed by atoms with E-state index >= 15 is 0 Å². The van der Waals surface area contributed by atoms with Crippen LogP contribution in [-0.4, -0.2) is 40.4 Å². The van der Waals surface area contributed by atoms with Gasteiger partial charge >= 0.3 is 0 Å². The molecule has 10 heteroatoms. The van der Waals surface area contributed by atoms with Gasteiger partial charge in [-0.05, 0) is 64.7 Å². The molecule has 2 N–H and O–H groups in total. The van der Waals surface area contributed by atoms with Crippen LogP contribution >= 0.6 is 15.9 Å². The van der Waals surface area contributed by atoms with Gasteiger partial charge in [-0.25, -0.2) is 9.97 Å². The highest BCUT2D eigenvalue weighted by Crippen LogP contribution is 2.64. The lowest BCUT2D eigenvalue weighted by molar-refractivity contribution is -0.128. The molecule has 2 unspecified atom stereocenters. The van der Waals surface area contributed by atoms with Crippen LogP contribution in [0.4, 0.5) is 5.82 Å². The molecule has 35 heavy (non-hydrogen) atoms. The van der Waals surface area contributed by atoms with Crippen LogP contribution in [0.15, 0.2) is 41.3 Å². The average Bonchev–Trinajstić information content (AvgIpc) is 3.25. The van der Waals surface area contributed by atoms with Crippen molar-refractivity contribution in [1.82, 2.24) is 9.97 Å². The van der Waals surface area contributed by atoms with E-state index in [9.17, 15) is 18.0 Å². The Bertz CT molecular complexity index is 1280. The molecule has 2 saturated carbocycles. The number of Topliss-reactive ketones (excluding diaryl/α,β-unsaturated/α-hetero) is 1. The lowest BCUT2D eigenvalue weighted by Gasteiger charge is -2.35. The van der Waals surface area contributed by atoms with Crippen molar-refractivity contribution in [2.24, 2.45) is 16.7 Å². The SMILES string of the molecule is CC1(C)C2CCC1(CS(=O)(=O)O)C(=O)C2.C[C@H](c1ccc(Br)nc1)[C@@]1(C)C(=O)Nc2ncccc21. The molecule has 1 amide bonds. The van der Waals surface area contributed by atoms with Gasteiger partial charge in [-0.2, -0.15) is 8.42 Å². The molecule has 3 heterocycles. The van der Waals surface area contributed by atoms with Gasteiger partial charge in [-0.1, -0.05) is 32.9 Å². The molecule has 188 valence electrons. The normalized spacial score (nSPS) is 29.3. The van der Waals surface area contributed by atoms with Crippen molar-refractivity contribution in [3.63, 3.8) is 0 Å². The number of ketones is 1. The number of rotatable bonds is 4. The number of carbonyl (C=O) groups excluding carboxylic acids is 2. The van der Waals surface area contributed by atoms with Gasteiger partial charge in [0.25, 0.3) is 10.1 Å². The highest BCUT2D eigenvalue weighted by Gasteiger charge is 2.65. The number of nitrogens with zero attached hydrogens (tertiary/aromatic N) is 2. The predicted molar refractivity (Wildman–Crippen MR) is 136 cm³/mol. The maximum absolute atomic E-state index is 12.5. The van der Waals surface area contributed by atoms with Gasteiger partial charge in [0.05, 0.1) is 16.6 Å². The van der Waals surface area contributed by atoms with Gasteiger partial charge in [0.1, 0.15) is 16.2 Å². The molecule has 3 aliphatic rings. The zero-order valence-electron chi connectivity index (χ0n) is 20.2. The van der Waals surface area contributed by atoms with E-state index in [4.69, 9.17) is 4.55 Å². The summed E-state index contributed by atoms with van der Waals surface area (Å²) < 4.78 is 31.8. The second-order valence-corrected chi connectivity index (χ2v) is 12.8. The molecule has 4 atom stereocenters. The molecule has 2 aromatic heterocycles. The maximum atomic E-state index is 12.5. The van der Waals surface area contributed by atoms with Gasteiger partial charge < -0.3 is 5.32 Å². The van der Waals surface area contributed by atoms with Crippen molar-refractivity contribution in [2.75, 3.05) is 11.1 Å². The Kier molecular flexibility index (Phi) is 6.47. The van der Waals surface area contributed by atoms with Crippen LogP contribution in [0.1, 0.15) is 64.0 Å². The molecule has 2 bridgehead atoms.